The number of rotatable bonds is 2. The lowest BCUT2D eigenvalue weighted by atomic mass is 10.0. The van der Waals surface area contributed by atoms with Crippen molar-refractivity contribution < 1.29 is 9.47 Å². The monoisotopic (exact) mass is 289 g/mol. The van der Waals surface area contributed by atoms with Gasteiger partial charge >= 0.3 is 0 Å². The van der Waals surface area contributed by atoms with Crippen molar-refractivity contribution in [2.45, 2.75) is 6.29 Å². The van der Waals surface area contributed by atoms with E-state index in [1.165, 1.54) is 0 Å². The summed E-state index contributed by atoms with van der Waals surface area (Å²) in [7, 11) is 1.65. The maximum atomic E-state index is 6.00. The second kappa shape index (κ2) is 5.28. The van der Waals surface area contributed by atoms with Crippen molar-refractivity contribution in [3.63, 3.8) is 0 Å². The normalized spacial score (nSPS) is 16.8. The maximum absolute atomic E-state index is 6.00. The van der Waals surface area contributed by atoms with Gasteiger partial charge in [-0.15, -0.1) is 0 Å². The molecule has 3 heteroatoms. The minimum absolute atomic E-state index is 0.438. The second-order valence-electron chi connectivity index (χ2n) is 5.22. The van der Waals surface area contributed by atoms with Crippen LogP contribution in [0.1, 0.15) is 23.1 Å². The van der Waals surface area contributed by atoms with Gasteiger partial charge in [0, 0.05) is 29.7 Å². The first-order valence-corrected chi connectivity index (χ1v) is 7.21. The highest BCUT2D eigenvalue weighted by atomic mass is 16.7. The number of aromatic nitrogens is 1. The standard InChI is InChI=1S/C19H15NO2/c1-21-19-15-11-14-9-5-6-10-16(14)20-17(15)12-18(22-19)13-7-3-2-4-8-13/h2-12,19H,1H3. The maximum Gasteiger partial charge on any atom is 0.228 e. The van der Waals surface area contributed by atoms with E-state index >= 15 is 0 Å². The van der Waals surface area contributed by atoms with Gasteiger partial charge in [0.15, 0.2) is 0 Å². The van der Waals surface area contributed by atoms with Gasteiger partial charge in [0.2, 0.25) is 6.29 Å². The number of hydrogen-bond donors (Lipinski definition) is 0. The fraction of sp³-hybridized carbons (Fsp3) is 0.105. The molecule has 0 N–H and O–H groups in total. The van der Waals surface area contributed by atoms with Gasteiger partial charge in [-0.05, 0) is 12.1 Å². The average Bonchev–Trinajstić information content (AvgIpc) is 2.59. The highest BCUT2D eigenvalue weighted by molar-refractivity contribution is 5.85. The van der Waals surface area contributed by atoms with E-state index in [0.717, 1.165) is 33.5 Å². The lowest BCUT2D eigenvalue weighted by Crippen LogP contribution is -2.13. The molecule has 0 aliphatic carbocycles. The molecule has 0 saturated carbocycles. The minimum atomic E-state index is -0.438. The van der Waals surface area contributed by atoms with E-state index < -0.39 is 6.29 Å². The zero-order valence-corrected chi connectivity index (χ0v) is 12.2. The Labute approximate surface area is 128 Å². The van der Waals surface area contributed by atoms with Crippen LogP contribution in [0.2, 0.25) is 0 Å². The molecule has 1 aliphatic rings. The smallest absolute Gasteiger partial charge is 0.228 e. The zero-order chi connectivity index (χ0) is 14.9. The van der Waals surface area contributed by atoms with E-state index in [1.54, 1.807) is 7.11 Å². The van der Waals surface area contributed by atoms with E-state index in [-0.39, 0.29) is 0 Å². The first-order valence-electron chi connectivity index (χ1n) is 7.21. The Balaban J connectivity index is 1.90. The van der Waals surface area contributed by atoms with Crippen LogP contribution in [0.15, 0.2) is 60.7 Å². The molecule has 0 radical (unpaired) electrons. The lowest BCUT2D eigenvalue weighted by molar-refractivity contribution is -0.0767. The Morgan fingerprint density at radius 2 is 1.77 bits per heavy atom. The SMILES string of the molecule is COC1OC(c2ccccc2)=Cc2nc3ccccc3cc21. The first kappa shape index (κ1) is 13.0. The molecule has 0 saturated heterocycles. The molecule has 1 atom stereocenters. The summed E-state index contributed by atoms with van der Waals surface area (Å²) in [6.45, 7) is 0. The third-order valence-corrected chi connectivity index (χ3v) is 3.81. The topological polar surface area (TPSA) is 31.4 Å². The molecule has 2 heterocycles. The van der Waals surface area contributed by atoms with Gasteiger partial charge in [-0.3, -0.25) is 0 Å². The molecule has 0 bridgehead atoms. The van der Waals surface area contributed by atoms with Gasteiger partial charge in [-0.25, -0.2) is 4.98 Å². The van der Waals surface area contributed by atoms with Crippen molar-refractivity contribution in [1.82, 2.24) is 4.98 Å². The summed E-state index contributed by atoms with van der Waals surface area (Å²) >= 11 is 0. The molecular formula is C19H15NO2. The molecular weight excluding hydrogens is 274 g/mol. The van der Waals surface area contributed by atoms with Crippen molar-refractivity contribution in [2.24, 2.45) is 0 Å². The molecule has 1 aliphatic heterocycles. The van der Waals surface area contributed by atoms with E-state index in [1.807, 2.05) is 60.7 Å². The summed E-state index contributed by atoms with van der Waals surface area (Å²) in [5.41, 5.74) is 3.85. The summed E-state index contributed by atoms with van der Waals surface area (Å²) in [4.78, 5) is 4.75. The molecule has 0 amide bonds. The van der Waals surface area contributed by atoms with E-state index in [2.05, 4.69) is 6.07 Å². The lowest BCUT2D eigenvalue weighted by Gasteiger charge is -2.25. The summed E-state index contributed by atoms with van der Waals surface area (Å²) in [5.74, 6) is 0.780. The number of para-hydroxylation sites is 1. The van der Waals surface area contributed by atoms with Crippen molar-refractivity contribution in [3.05, 3.63) is 77.5 Å². The molecule has 108 valence electrons. The predicted molar refractivity (Wildman–Crippen MR) is 86.9 cm³/mol. The number of benzene rings is 2. The van der Waals surface area contributed by atoms with Gasteiger partial charge in [0.25, 0.3) is 0 Å². The Kier molecular flexibility index (Phi) is 3.13. The van der Waals surface area contributed by atoms with Crippen LogP contribution in [0.3, 0.4) is 0 Å². The predicted octanol–water partition coefficient (Wildman–Crippen LogP) is 4.41. The number of ether oxygens (including phenoxy) is 2. The molecule has 3 nitrogen and oxygen atoms in total. The van der Waals surface area contributed by atoms with Crippen molar-refractivity contribution in [2.75, 3.05) is 7.11 Å². The Hall–Kier alpha value is -2.65. The van der Waals surface area contributed by atoms with Crippen LogP contribution in [-0.2, 0) is 9.47 Å². The van der Waals surface area contributed by atoms with Crippen LogP contribution in [0.5, 0.6) is 0 Å². The van der Waals surface area contributed by atoms with E-state index in [4.69, 9.17) is 14.5 Å². The molecule has 1 unspecified atom stereocenters. The van der Waals surface area contributed by atoms with Gasteiger partial charge in [0.05, 0.1) is 11.2 Å². The highest BCUT2D eigenvalue weighted by Gasteiger charge is 2.24. The van der Waals surface area contributed by atoms with Crippen LogP contribution in [0.4, 0.5) is 0 Å². The van der Waals surface area contributed by atoms with Gasteiger partial charge < -0.3 is 9.47 Å². The molecule has 4 rings (SSSR count). The quantitative estimate of drug-likeness (QED) is 0.700. The van der Waals surface area contributed by atoms with E-state index in [9.17, 15) is 0 Å². The number of hydrogen-bond acceptors (Lipinski definition) is 3. The highest BCUT2D eigenvalue weighted by Crippen LogP contribution is 2.36. The van der Waals surface area contributed by atoms with E-state index in [0.29, 0.717) is 0 Å². The van der Waals surface area contributed by atoms with Crippen LogP contribution in [0, 0.1) is 0 Å². The first-order chi connectivity index (χ1) is 10.8. The van der Waals surface area contributed by atoms with Crippen LogP contribution < -0.4 is 0 Å². The zero-order valence-electron chi connectivity index (χ0n) is 12.2. The van der Waals surface area contributed by atoms with Gasteiger partial charge in [-0.1, -0.05) is 48.5 Å². The fourth-order valence-electron chi connectivity index (χ4n) is 2.72. The molecule has 3 aromatic rings. The summed E-state index contributed by atoms with van der Waals surface area (Å²) < 4.78 is 11.5. The van der Waals surface area contributed by atoms with Crippen molar-refractivity contribution in [3.8, 4) is 0 Å². The molecule has 0 fully saturated rings. The van der Waals surface area contributed by atoms with Crippen LogP contribution >= 0.6 is 0 Å². The molecule has 0 spiro atoms. The summed E-state index contributed by atoms with van der Waals surface area (Å²) in [6.07, 6.45) is 1.54. The summed E-state index contributed by atoms with van der Waals surface area (Å²) in [5, 5.41) is 1.09. The molecule has 1 aromatic heterocycles. The third-order valence-electron chi connectivity index (χ3n) is 3.81. The van der Waals surface area contributed by atoms with Crippen LogP contribution in [-0.4, -0.2) is 12.1 Å². The number of fused-ring (bicyclic) bond motifs is 2. The number of methoxy groups -OCH3 is 1. The van der Waals surface area contributed by atoms with Gasteiger partial charge in [-0.2, -0.15) is 0 Å². The largest absolute Gasteiger partial charge is 0.460 e. The Morgan fingerprint density at radius 3 is 2.59 bits per heavy atom. The minimum Gasteiger partial charge on any atom is -0.460 e. The van der Waals surface area contributed by atoms with Crippen LogP contribution in [0.25, 0.3) is 22.7 Å². The van der Waals surface area contributed by atoms with Crippen molar-refractivity contribution in [1.29, 1.82) is 0 Å². The Morgan fingerprint density at radius 1 is 1.00 bits per heavy atom. The average molecular weight is 289 g/mol. The number of nitrogens with zero attached hydrogens (tertiary/aromatic N) is 1. The summed E-state index contributed by atoms with van der Waals surface area (Å²) in [6, 6.07) is 20.2. The van der Waals surface area contributed by atoms with Crippen molar-refractivity contribution >= 4 is 22.7 Å². The second-order valence-corrected chi connectivity index (χ2v) is 5.22. The van der Waals surface area contributed by atoms with Gasteiger partial charge in [0.1, 0.15) is 5.76 Å². The fourth-order valence-corrected chi connectivity index (χ4v) is 2.72. The molecule has 22 heavy (non-hydrogen) atoms. The third kappa shape index (κ3) is 2.16. The number of pyridine rings is 1. The molecule has 2 aromatic carbocycles. The Bertz CT molecular complexity index is 856.